The van der Waals surface area contributed by atoms with Gasteiger partial charge in [-0.1, -0.05) is 41.5 Å². The van der Waals surface area contributed by atoms with E-state index in [1.807, 2.05) is 12.2 Å². The van der Waals surface area contributed by atoms with Crippen molar-refractivity contribution in [1.29, 1.82) is 0 Å². The summed E-state index contributed by atoms with van der Waals surface area (Å²) in [7, 11) is 0. The molecule has 0 bridgehead atoms. The molecule has 6 heteroatoms. The second-order valence-corrected chi connectivity index (χ2v) is 11.2. The van der Waals surface area contributed by atoms with E-state index >= 15 is 0 Å². The normalized spacial score (nSPS) is 13.7. The Morgan fingerprint density at radius 3 is 1.25 bits per heavy atom. The Morgan fingerprint density at radius 2 is 1.04 bits per heavy atom. The maximum absolute atomic E-state index is 11.1. The lowest BCUT2D eigenvalue weighted by atomic mass is 10.3. The summed E-state index contributed by atoms with van der Waals surface area (Å²) in [5.41, 5.74) is 0. The van der Waals surface area contributed by atoms with Crippen molar-refractivity contribution >= 4 is 35.5 Å². The second kappa shape index (κ2) is 10.2. The van der Waals surface area contributed by atoms with E-state index in [0.717, 1.165) is 9.81 Å². The van der Waals surface area contributed by atoms with Crippen LogP contribution in [0.5, 0.6) is 0 Å². The molecule has 0 N–H and O–H groups in total. The van der Waals surface area contributed by atoms with Gasteiger partial charge in [0.15, 0.2) is 0 Å². The van der Waals surface area contributed by atoms with Crippen molar-refractivity contribution < 1.29 is 19.1 Å². The van der Waals surface area contributed by atoms with Gasteiger partial charge in [0.25, 0.3) is 0 Å². The van der Waals surface area contributed by atoms with Gasteiger partial charge in [-0.3, -0.25) is 9.59 Å². The number of thioether (sulfide) groups is 2. The molecule has 0 saturated heterocycles. The van der Waals surface area contributed by atoms with Gasteiger partial charge < -0.3 is 9.47 Å². The molecular formula is C18H30O4S2. The van der Waals surface area contributed by atoms with Crippen molar-refractivity contribution in [1.82, 2.24) is 0 Å². The highest BCUT2D eigenvalue weighted by molar-refractivity contribution is 8.04. The van der Waals surface area contributed by atoms with Crippen LogP contribution in [0.1, 0.15) is 55.4 Å². The predicted octanol–water partition coefficient (Wildman–Crippen LogP) is 4.94. The summed E-state index contributed by atoms with van der Waals surface area (Å²) >= 11 is 3.30. The Balaban J connectivity index is 5.31. The van der Waals surface area contributed by atoms with Crippen LogP contribution in [0.25, 0.3) is 0 Å². The largest absolute Gasteiger partial charge is 0.460 e. The summed E-state index contributed by atoms with van der Waals surface area (Å²) in [5.74, 6) is -0.604. The van der Waals surface area contributed by atoms with Crippen molar-refractivity contribution in [2.24, 2.45) is 0 Å². The summed E-state index contributed by atoms with van der Waals surface area (Å²) in [5, 5.41) is 0. The zero-order valence-corrected chi connectivity index (χ0v) is 17.7. The molecule has 138 valence electrons. The SMILES string of the molecule is CC(=O)OC/C(=C/C=C(/COC(C)=O)SC(C)(C)C)SC(C)(C)C. The van der Waals surface area contributed by atoms with E-state index in [1.165, 1.54) is 13.8 Å². The molecule has 0 aliphatic heterocycles. The fourth-order valence-corrected chi connectivity index (χ4v) is 3.62. The summed E-state index contributed by atoms with van der Waals surface area (Å²) < 4.78 is 10.3. The molecule has 0 saturated carbocycles. The molecule has 0 aromatic rings. The molecule has 0 atom stereocenters. The van der Waals surface area contributed by atoms with Crippen molar-refractivity contribution in [3.63, 3.8) is 0 Å². The Bertz CT molecular complexity index is 448. The maximum atomic E-state index is 11.1. The van der Waals surface area contributed by atoms with Gasteiger partial charge in [0, 0.05) is 33.2 Å². The smallest absolute Gasteiger partial charge is 0.302 e. The zero-order valence-electron chi connectivity index (χ0n) is 16.0. The van der Waals surface area contributed by atoms with Gasteiger partial charge in [0.05, 0.1) is 0 Å². The molecular weight excluding hydrogens is 344 g/mol. The first-order chi connectivity index (χ1) is 10.8. The minimum absolute atomic E-state index is 0.00698. The fraction of sp³-hybridized carbons (Fsp3) is 0.667. The van der Waals surface area contributed by atoms with Gasteiger partial charge in [0.1, 0.15) is 13.2 Å². The first-order valence-corrected chi connectivity index (χ1v) is 9.46. The van der Waals surface area contributed by atoms with Crippen molar-refractivity contribution in [2.45, 2.75) is 64.9 Å². The molecule has 0 spiro atoms. The van der Waals surface area contributed by atoms with Crippen LogP contribution in [0, 0.1) is 0 Å². The third-order valence-corrected chi connectivity index (χ3v) is 4.42. The molecule has 0 rings (SSSR count). The third-order valence-electron chi connectivity index (χ3n) is 2.17. The highest BCUT2D eigenvalue weighted by atomic mass is 32.2. The lowest BCUT2D eigenvalue weighted by molar-refractivity contribution is -0.140. The van der Waals surface area contributed by atoms with Crippen LogP contribution in [0.15, 0.2) is 22.0 Å². The molecule has 0 aliphatic rings. The topological polar surface area (TPSA) is 52.6 Å². The molecule has 0 radical (unpaired) electrons. The predicted molar refractivity (Wildman–Crippen MR) is 104 cm³/mol. The Kier molecular flexibility index (Phi) is 9.81. The van der Waals surface area contributed by atoms with Crippen LogP contribution in [0.2, 0.25) is 0 Å². The highest BCUT2D eigenvalue weighted by Gasteiger charge is 2.16. The summed E-state index contributed by atoms with van der Waals surface area (Å²) in [6.45, 7) is 15.9. The van der Waals surface area contributed by atoms with Crippen LogP contribution in [0.3, 0.4) is 0 Å². The second-order valence-electron chi connectivity index (χ2n) is 7.26. The molecule has 0 heterocycles. The molecule has 0 aromatic heterocycles. The van der Waals surface area contributed by atoms with E-state index in [1.54, 1.807) is 23.5 Å². The van der Waals surface area contributed by atoms with E-state index in [4.69, 9.17) is 9.47 Å². The number of allylic oxidation sites excluding steroid dienone is 2. The standard InChI is InChI=1S/C18H30O4S2/c1-13(19)21-11-15(23-17(3,4)5)9-10-16(12-22-14(2)20)24-18(6,7)8/h9-10H,11-12H2,1-8H3/b15-9-,16-10-. The summed E-state index contributed by atoms with van der Waals surface area (Å²) in [4.78, 5) is 24.1. The first-order valence-electron chi connectivity index (χ1n) is 7.83. The summed E-state index contributed by atoms with van der Waals surface area (Å²) in [6.07, 6.45) is 3.88. The van der Waals surface area contributed by atoms with E-state index in [2.05, 4.69) is 41.5 Å². The van der Waals surface area contributed by atoms with Gasteiger partial charge in [-0.2, -0.15) is 0 Å². The number of carbonyl (C=O) groups excluding carboxylic acids is 2. The number of rotatable bonds is 7. The van der Waals surface area contributed by atoms with Gasteiger partial charge in [-0.25, -0.2) is 0 Å². The summed E-state index contributed by atoms with van der Waals surface area (Å²) in [6, 6.07) is 0. The fourth-order valence-electron chi connectivity index (χ4n) is 1.54. The van der Waals surface area contributed by atoms with Gasteiger partial charge in [0.2, 0.25) is 0 Å². The van der Waals surface area contributed by atoms with Gasteiger partial charge >= 0.3 is 11.9 Å². The lowest BCUT2D eigenvalue weighted by Crippen LogP contribution is -2.12. The maximum Gasteiger partial charge on any atom is 0.302 e. The third kappa shape index (κ3) is 14.7. The minimum atomic E-state index is -0.302. The van der Waals surface area contributed by atoms with Crippen LogP contribution in [-0.4, -0.2) is 34.6 Å². The van der Waals surface area contributed by atoms with E-state index in [-0.39, 0.29) is 34.6 Å². The van der Waals surface area contributed by atoms with E-state index in [9.17, 15) is 9.59 Å². The molecule has 0 aromatic carbocycles. The average molecular weight is 375 g/mol. The molecule has 0 unspecified atom stereocenters. The van der Waals surface area contributed by atoms with Crippen molar-refractivity contribution in [3.05, 3.63) is 22.0 Å². The number of esters is 2. The van der Waals surface area contributed by atoms with Gasteiger partial charge in [-0.15, -0.1) is 23.5 Å². The van der Waals surface area contributed by atoms with Crippen LogP contribution in [-0.2, 0) is 19.1 Å². The van der Waals surface area contributed by atoms with E-state index < -0.39 is 0 Å². The molecule has 4 nitrogen and oxygen atoms in total. The highest BCUT2D eigenvalue weighted by Crippen LogP contribution is 2.34. The average Bonchev–Trinajstić information content (AvgIpc) is 2.35. The quantitative estimate of drug-likeness (QED) is 0.464. The number of carbonyl (C=O) groups is 2. The van der Waals surface area contributed by atoms with Crippen molar-refractivity contribution in [3.8, 4) is 0 Å². The number of ether oxygens (including phenoxy) is 2. The molecule has 0 amide bonds. The van der Waals surface area contributed by atoms with Crippen molar-refractivity contribution in [2.75, 3.05) is 13.2 Å². The Labute approximate surface area is 154 Å². The van der Waals surface area contributed by atoms with Crippen LogP contribution in [0.4, 0.5) is 0 Å². The van der Waals surface area contributed by atoms with E-state index in [0.29, 0.717) is 0 Å². The zero-order chi connectivity index (χ0) is 19.0. The lowest BCUT2D eigenvalue weighted by Gasteiger charge is -2.21. The van der Waals surface area contributed by atoms with Gasteiger partial charge in [-0.05, 0) is 12.2 Å². The van der Waals surface area contributed by atoms with Crippen LogP contribution < -0.4 is 0 Å². The van der Waals surface area contributed by atoms with Crippen LogP contribution >= 0.6 is 23.5 Å². The first kappa shape index (κ1) is 23.1. The molecule has 24 heavy (non-hydrogen) atoms. The number of hydrogen-bond acceptors (Lipinski definition) is 6. The number of hydrogen-bond donors (Lipinski definition) is 0. The molecule has 0 fully saturated rings. The molecule has 0 aliphatic carbocycles. The Hall–Kier alpha value is -0.880. The monoisotopic (exact) mass is 374 g/mol. The minimum Gasteiger partial charge on any atom is -0.460 e. The Morgan fingerprint density at radius 1 is 0.750 bits per heavy atom.